The Morgan fingerprint density at radius 3 is 2.94 bits per heavy atom. The van der Waals surface area contributed by atoms with Crippen LogP contribution in [0.1, 0.15) is 60.5 Å². The zero-order valence-electron chi connectivity index (χ0n) is 18.9. The normalized spacial score (nSPS) is 19.7. The highest BCUT2D eigenvalue weighted by atomic mass is 16.5. The zero-order valence-corrected chi connectivity index (χ0v) is 18.9. The molecule has 2 unspecified atom stereocenters. The van der Waals surface area contributed by atoms with Gasteiger partial charge < -0.3 is 20.1 Å². The number of nitrogens with one attached hydrogen (secondary N) is 1. The fourth-order valence-corrected chi connectivity index (χ4v) is 5.19. The van der Waals surface area contributed by atoms with E-state index in [1.807, 2.05) is 18.2 Å². The first-order chi connectivity index (χ1) is 16.1. The lowest BCUT2D eigenvalue weighted by Crippen LogP contribution is -2.54. The summed E-state index contributed by atoms with van der Waals surface area (Å²) in [5, 5.41) is 12.8. The van der Waals surface area contributed by atoms with Crippen molar-refractivity contribution in [1.29, 1.82) is 0 Å². The van der Waals surface area contributed by atoms with Crippen molar-refractivity contribution in [3.63, 3.8) is 0 Å². The average molecular weight is 450 g/mol. The Morgan fingerprint density at radius 1 is 1.21 bits per heavy atom. The predicted octanol–water partition coefficient (Wildman–Crippen LogP) is 3.76. The molecular formula is C26H31N3O4. The number of benzene rings is 1. The van der Waals surface area contributed by atoms with Gasteiger partial charge in [0.15, 0.2) is 0 Å². The number of rotatable bonds is 9. The fourth-order valence-electron chi connectivity index (χ4n) is 5.19. The molecule has 2 atom stereocenters. The minimum Gasteiger partial charge on any atom is -0.493 e. The van der Waals surface area contributed by atoms with Crippen molar-refractivity contribution >= 4 is 17.7 Å². The molecular weight excluding hydrogens is 418 g/mol. The first-order valence-electron chi connectivity index (χ1n) is 12.1. The van der Waals surface area contributed by atoms with E-state index in [1.165, 1.54) is 5.56 Å². The molecule has 5 rings (SSSR count). The Labute approximate surface area is 194 Å². The van der Waals surface area contributed by atoms with Crippen LogP contribution in [0.2, 0.25) is 0 Å². The Balaban J connectivity index is 1.13. The van der Waals surface area contributed by atoms with Crippen LogP contribution in [0.15, 0.2) is 30.3 Å². The van der Waals surface area contributed by atoms with E-state index in [4.69, 9.17) is 9.72 Å². The molecule has 0 aliphatic carbocycles. The van der Waals surface area contributed by atoms with Crippen molar-refractivity contribution in [2.45, 2.75) is 57.4 Å². The number of nitrogens with zero attached hydrogens (tertiary/aromatic N) is 2. The number of aromatic nitrogens is 1. The van der Waals surface area contributed by atoms with Gasteiger partial charge in [-0.2, -0.15) is 0 Å². The summed E-state index contributed by atoms with van der Waals surface area (Å²) < 4.78 is 5.65. The number of carbonyl (C=O) groups is 2. The second-order valence-corrected chi connectivity index (χ2v) is 9.35. The molecule has 0 bridgehead atoms. The Hall–Kier alpha value is -3.09. The molecule has 7 nitrogen and oxygen atoms in total. The molecule has 1 saturated heterocycles. The molecule has 4 heterocycles. The Kier molecular flexibility index (Phi) is 6.20. The summed E-state index contributed by atoms with van der Waals surface area (Å²) in [5.74, 6) is 1.01. The van der Waals surface area contributed by atoms with Crippen molar-refractivity contribution in [2.75, 3.05) is 25.0 Å². The Bertz CT molecular complexity index is 1050. The van der Waals surface area contributed by atoms with Crippen molar-refractivity contribution in [3.8, 4) is 5.75 Å². The number of pyridine rings is 1. The minimum absolute atomic E-state index is 0.00914. The van der Waals surface area contributed by atoms with Gasteiger partial charge in [-0.05, 0) is 60.9 Å². The number of hydrogen-bond acceptors (Lipinski definition) is 5. The third-order valence-corrected chi connectivity index (χ3v) is 7.09. The van der Waals surface area contributed by atoms with E-state index >= 15 is 0 Å². The van der Waals surface area contributed by atoms with Gasteiger partial charge in [0.1, 0.15) is 11.6 Å². The number of ether oxygens (including phenoxy) is 1. The monoisotopic (exact) mass is 449 g/mol. The van der Waals surface area contributed by atoms with Gasteiger partial charge in [0, 0.05) is 25.2 Å². The van der Waals surface area contributed by atoms with Crippen LogP contribution in [0.4, 0.5) is 5.82 Å². The molecule has 0 saturated carbocycles. The standard InChI is InChI=1S/C26H31N3O4/c30-24(31)15-22(19-8-7-17-11-13-33-23(17)14-19)29-16-20(26(29)32)4-1-2-6-21-10-9-18-5-3-12-27-25(18)28-21/h7-10,14,20,22H,1-6,11-13,15-16H2,(H,27,28)(H,30,31). The molecule has 3 aliphatic rings. The summed E-state index contributed by atoms with van der Waals surface area (Å²) in [7, 11) is 0. The molecule has 174 valence electrons. The number of carbonyl (C=O) groups excluding carboxylic acids is 1. The van der Waals surface area contributed by atoms with Gasteiger partial charge in [0.25, 0.3) is 0 Å². The van der Waals surface area contributed by atoms with E-state index in [2.05, 4.69) is 17.4 Å². The number of β-lactam (4-membered cyclic amide) rings is 1. The quantitative estimate of drug-likeness (QED) is 0.447. The van der Waals surface area contributed by atoms with Gasteiger partial charge in [0.2, 0.25) is 5.91 Å². The van der Waals surface area contributed by atoms with Crippen LogP contribution in [0.25, 0.3) is 0 Å². The number of aliphatic carboxylic acids is 1. The second kappa shape index (κ2) is 9.41. The van der Waals surface area contributed by atoms with Crippen molar-refractivity contribution in [2.24, 2.45) is 5.92 Å². The van der Waals surface area contributed by atoms with E-state index in [0.29, 0.717) is 13.2 Å². The minimum atomic E-state index is -0.898. The maximum atomic E-state index is 12.9. The van der Waals surface area contributed by atoms with Crippen LogP contribution in [-0.4, -0.2) is 46.6 Å². The van der Waals surface area contributed by atoms with E-state index in [9.17, 15) is 14.7 Å². The van der Waals surface area contributed by atoms with Gasteiger partial charge in [-0.25, -0.2) is 4.98 Å². The van der Waals surface area contributed by atoms with E-state index in [-0.39, 0.29) is 18.2 Å². The predicted molar refractivity (Wildman–Crippen MR) is 124 cm³/mol. The maximum absolute atomic E-state index is 12.9. The molecule has 33 heavy (non-hydrogen) atoms. The van der Waals surface area contributed by atoms with E-state index < -0.39 is 12.0 Å². The number of anilines is 1. The van der Waals surface area contributed by atoms with Gasteiger partial charge >= 0.3 is 5.97 Å². The van der Waals surface area contributed by atoms with Crippen LogP contribution in [0, 0.1) is 5.92 Å². The highest BCUT2D eigenvalue weighted by Crippen LogP contribution is 2.37. The van der Waals surface area contributed by atoms with Crippen LogP contribution in [-0.2, 0) is 28.9 Å². The lowest BCUT2D eigenvalue weighted by Gasteiger charge is -2.43. The van der Waals surface area contributed by atoms with Crippen molar-refractivity contribution in [1.82, 2.24) is 9.88 Å². The second-order valence-electron chi connectivity index (χ2n) is 9.35. The van der Waals surface area contributed by atoms with Crippen LogP contribution >= 0.6 is 0 Å². The molecule has 3 aliphatic heterocycles. The van der Waals surface area contributed by atoms with E-state index in [0.717, 1.165) is 79.9 Å². The molecule has 0 radical (unpaired) electrons. The van der Waals surface area contributed by atoms with Gasteiger partial charge in [-0.1, -0.05) is 24.6 Å². The number of carboxylic acids is 1. The largest absolute Gasteiger partial charge is 0.493 e. The van der Waals surface area contributed by atoms with Crippen molar-refractivity contribution in [3.05, 3.63) is 52.7 Å². The van der Waals surface area contributed by atoms with Gasteiger partial charge in [-0.3, -0.25) is 9.59 Å². The van der Waals surface area contributed by atoms with Crippen LogP contribution in [0.5, 0.6) is 5.75 Å². The molecule has 7 heteroatoms. The van der Waals surface area contributed by atoms with Crippen LogP contribution < -0.4 is 10.1 Å². The first kappa shape index (κ1) is 21.7. The third-order valence-electron chi connectivity index (χ3n) is 7.09. The van der Waals surface area contributed by atoms with Crippen molar-refractivity contribution < 1.29 is 19.4 Å². The summed E-state index contributed by atoms with van der Waals surface area (Å²) in [6, 6.07) is 9.73. The summed E-state index contributed by atoms with van der Waals surface area (Å²) in [6.07, 6.45) is 6.76. The molecule has 1 aromatic heterocycles. The van der Waals surface area contributed by atoms with Crippen LogP contribution in [0.3, 0.4) is 0 Å². The Morgan fingerprint density at radius 2 is 2.09 bits per heavy atom. The topological polar surface area (TPSA) is 91.8 Å². The number of carboxylic acid groups (broad SMARTS) is 1. The van der Waals surface area contributed by atoms with Gasteiger partial charge in [0.05, 0.1) is 25.0 Å². The lowest BCUT2D eigenvalue weighted by atomic mass is 9.87. The number of amides is 1. The number of aryl methyl sites for hydroxylation is 2. The third kappa shape index (κ3) is 4.68. The summed E-state index contributed by atoms with van der Waals surface area (Å²) in [5.41, 5.74) is 4.39. The highest BCUT2D eigenvalue weighted by molar-refractivity contribution is 5.85. The average Bonchev–Trinajstić information content (AvgIpc) is 3.29. The number of fused-ring (bicyclic) bond motifs is 2. The number of hydrogen-bond donors (Lipinski definition) is 2. The molecule has 1 aromatic carbocycles. The number of likely N-dealkylation sites (tertiary alicyclic amines) is 1. The molecule has 2 N–H and O–H groups in total. The summed E-state index contributed by atoms with van der Waals surface area (Å²) in [6.45, 7) is 2.27. The fraction of sp³-hybridized carbons (Fsp3) is 0.500. The zero-order chi connectivity index (χ0) is 22.8. The molecule has 2 aromatic rings. The maximum Gasteiger partial charge on any atom is 0.305 e. The highest BCUT2D eigenvalue weighted by Gasteiger charge is 2.41. The smallest absolute Gasteiger partial charge is 0.305 e. The molecule has 1 amide bonds. The number of unbranched alkanes of at least 4 members (excludes halogenated alkanes) is 1. The lowest BCUT2D eigenvalue weighted by molar-refractivity contribution is -0.154. The SMILES string of the molecule is O=C(O)CC(c1ccc2c(c1)OCC2)N1CC(CCCCc2ccc3c(n2)NCCC3)C1=O. The van der Waals surface area contributed by atoms with Gasteiger partial charge in [-0.15, -0.1) is 0 Å². The molecule has 0 spiro atoms. The first-order valence-corrected chi connectivity index (χ1v) is 12.1. The summed E-state index contributed by atoms with van der Waals surface area (Å²) in [4.78, 5) is 30.9. The summed E-state index contributed by atoms with van der Waals surface area (Å²) >= 11 is 0. The molecule has 1 fully saturated rings. The van der Waals surface area contributed by atoms with E-state index in [1.54, 1.807) is 4.90 Å².